The van der Waals surface area contributed by atoms with Crippen molar-refractivity contribution in [3.05, 3.63) is 88.6 Å². The summed E-state index contributed by atoms with van der Waals surface area (Å²) in [7, 11) is 0. The molecule has 0 spiro atoms. The smallest absolute Gasteiger partial charge is 0.223 e. The minimum absolute atomic E-state index is 0.00528. The lowest BCUT2D eigenvalue weighted by Gasteiger charge is -2.29. The van der Waals surface area contributed by atoms with Gasteiger partial charge in [-0.1, -0.05) is 6.07 Å². The van der Waals surface area contributed by atoms with Crippen molar-refractivity contribution in [2.75, 3.05) is 0 Å². The zero-order chi connectivity index (χ0) is 25.9. The second-order valence-corrected chi connectivity index (χ2v) is 10.1. The first-order chi connectivity index (χ1) is 17.8. The number of nitrogens with zero attached hydrogens (tertiary/aromatic N) is 5. The second kappa shape index (κ2) is 10.6. The highest BCUT2D eigenvalue weighted by Gasteiger charge is 2.29. The number of amides is 1. The van der Waals surface area contributed by atoms with Crippen LogP contribution in [0.1, 0.15) is 78.5 Å². The third-order valence-electron chi connectivity index (χ3n) is 7.10. The number of carbonyl (C=O) groups is 1. The third-order valence-corrected chi connectivity index (χ3v) is 7.10. The molecular weight excluding hydrogens is 469 g/mol. The molecule has 0 aliphatic heterocycles. The summed E-state index contributed by atoms with van der Waals surface area (Å²) >= 11 is 0. The highest BCUT2D eigenvalue weighted by Crippen LogP contribution is 2.36. The van der Waals surface area contributed by atoms with E-state index in [0.717, 1.165) is 60.2 Å². The number of hydrogen-bond acceptors (Lipinski definition) is 5. The van der Waals surface area contributed by atoms with Crippen LogP contribution in [0.2, 0.25) is 0 Å². The fourth-order valence-electron chi connectivity index (χ4n) is 5.10. The maximum atomic E-state index is 13.2. The Balaban J connectivity index is 1.16. The molecule has 1 fully saturated rings. The van der Waals surface area contributed by atoms with Crippen LogP contribution in [0.25, 0.3) is 5.82 Å². The van der Waals surface area contributed by atoms with Gasteiger partial charge in [0.2, 0.25) is 5.91 Å². The largest absolute Gasteiger partial charge is 0.349 e. The van der Waals surface area contributed by atoms with Crippen molar-refractivity contribution in [3.8, 4) is 5.82 Å². The van der Waals surface area contributed by atoms with E-state index in [4.69, 9.17) is 4.98 Å². The van der Waals surface area contributed by atoms with Crippen LogP contribution >= 0.6 is 0 Å². The maximum absolute atomic E-state index is 13.2. The van der Waals surface area contributed by atoms with Gasteiger partial charge in [-0.25, -0.2) is 14.1 Å². The first-order valence-electron chi connectivity index (χ1n) is 12.8. The van der Waals surface area contributed by atoms with Gasteiger partial charge in [0.05, 0.1) is 24.1 Å². The molecule has 0 bridgehead atoms. The quantitative estimate of drug-likeness (QED) is 0.376. The molecule has 2 N–H and O–H groups in total. The number of nitrogens with one attached hydrogen (secondary N) is 2. The highest BCUT2D eigenvalue weighted by atomic mass is 19.1. The van der Waals surface area contributed by atoms with Crippen molar-refractivity contribution < 1.29 is 9.18 Å². The molecule has 1 aliphatic carbocycles. The lowest BCUT2D eigenvalue weighted by atomic mass is 9.79. The summed E-state index contributed by atoms with van der Waals surface area (Å²) < 4.78 is 14.6. The monoisotopic (exact) mass is 501 g/mol. The van der Waals surface area contributed by atoms with Crippen LogP contribution in [0.3, 0.4) is 0 Å². The average molecular weight is 502 g/mol. The zero-order valence-electron chi connectivity index (χ0n) is 21.4. The van der Waals surface area contributed by atoms with E-state index in [2.05, 4.69) is 50.7 Å². The van der Waals surface area contributed by atoms with Crippen LogP contribution in [0, 0.1) is 25.6 Å². The van der Waals surface area contributed by atoms with Crippen molar-refractivity contribution in [3.63, 3.8) is 0 Å². The Bertz CT molecular complexity index is 1370. The van der Waals surface area contributed by atoms with E-state index in [1.54, 1.807) is 12.3 Å². The summed E-state index contributed by atoms with van der Waals surface area (Å²) in [5.41, 5.74) is 6.30. The Kier molecular flexibility index (Phi) is 7.12. The first kappa shape index (κ1) is 24.8. The number of H-pyrrole nitrogens is 1. The van der Waals surface area contributed by atoms with Gasteiger partial charge in [-0.3, -0.25) is 14.9 Å². The summed E-state index contributed by atoms with van der Waals surface area (Å²) in [5.74, 6) is 0.552. The Morgan fingerprint density at radius 1 is 1.14 bits per heavy atom. The number of aromatic amines is 1. The molecule has 1 amide bonds. The lowest BCUT2D eigenvalue weighted by Crippen LogP contribution is -2.34. The molecule has 1 saturated carbocycles. The van der Waals surface area contributed by atoms with Gasteiger partial charge in [-0.05, 0) is 81.8 Å². The van der Waals surface area contributed by atoms with E-state index in [9.17, 15) is 9.18 Å². The van der Waals surface area contributed by atoms with Crippen LogP contribution in [0.15, 0.2) is 48.9 Å². The number of rotatable bonds is 7. The lowest BCUT2D eigenvalue weighted by molar-refractivity contribution is -0.126. The molecule has 0 saturated heterocycles. The van der Waals surface area contributed by atoms with Gasteiger partial charge >= 0.3 is 0 Å². The van der Waals surface area contributed by atoms with Crippen LogP contribution in [0.4, 0.5) is 4.39 Å². The van der Waals surface area contributed by atoms with Crippen molar-refractivity contribution in [2.24, 2.45) is 5.92 Å². The molecule has 1 atom stereocenters. The molecule has 4 aromatic rings. The summed E-state index contributed by atoms with van der Waals surface area (Å²) in [6.07, 6.45) is 8.40. The summed E-state index contributed by atoms with van der Waals surface area (Å²) in [6, 6.07) is 9.84. The van der Waals surface area contributed by atoms with E-state index >= 15 is 0 Å². The molecule has 0 aromatic carbocycles. The minimum Gasteiger partial charge on any atom is -0.349 e. The number of aromatic nitrogens is 6. The molecule has 0 radical (unpaired) electrons. The fraction of sp³-hybridized carbons (Fsp3) is 0.393. The predicted octanol–water partition coefficient (Wildman–Crippen LogP) is 4.88. The Morgan fingerprint density at radius 2 is 1.95 bits per heavy atom. The molecule has 5 rings (SSSR count). The van der Waals surface area contributed by atoms with E-state index in [1.807, 2.05) is 19.9 Å². The summed E-state index contributed by atoms with van der Waals surface area (Å²) in [4.78, 5) is 22.3. The third kappa shape index (κ3) is 5.93. The van der Waals surface area contributed by atoms with Crippen molar-refractivity contribution in [1.29, 1.82) is 0 Å². The van der Waals surface area contributed by atoms with Crippen molar-refractivity contribution in [2.45, 2.75) is 64.8 Å². The number of halogens is 1. The standard InChI is InChI=1S/C28H32FN7O/c1-17-10-24(13-25-12-18(2)34-35-25)33-26(11-17)20-4-6-21(7-5-20)28(37)32-19(3)22-8-9-27(30-14-22)36-16-23(29)15-31-36/h8-12,14-16,19-21H,4-7,13H2,1-3H3,(H,32,37)(H,34,35)/t19-,20?,21?/m0/s1. The molecule has 1 aliphatic rings. The van der Waals surface area contributed by atoms with Gasteiger partial charge in [-0.2, -0.15) is 10.2 Å². The molecule has 0 unspecified atom stereocenters. The van der Waals surface area contributed by atoms with Crippen LogP contribution in [0.5, 0.6) is 0 Å². The van der Waals surface area contributed by atoms with E-state index in [0.29, 0.717) is 18.2 Å². The number of hydrogen-bond donors (Lipinski definition) is 2. The molecular formula is C28H32FN7O. The molecule has 37 heavy (non-hydrogen) atoms. The van der Waals surface area contributed by atoms with Gasteiger partial charge in [0.15, 0.2) is 11.6 Å². The minimum atomic E-state index is -0.413. The first-order valence-corrected chi connectivity index (χ1v) is 12.8. The molecule has 4 heterocycles. The fourth-order valence-corrected chi connectivity index (χ4v) is 5.10. The normalized spacial score (nSPS) is 18.5. The average Bonchev–Trinajstić information content (AvgIpc) is 3.51. The van der Waals surface area contributed by atoms with Crippen molar-refractivity contribution in [1.82, 2.24) is 35.3 Å². The number of aryl methyl sites for hydroxylation is 2. The van der Waals surface area contributed by atoms with Gasteiger partial charge in [-0.15, -0.1) is 0 Å². The van der Waals surface area contributed by atoms with Crippen molar-refractivity contribution >= 4 is 5.91 Å². The second-order valence-electron chi connectivity index (χ2n) is 10.1. The molecule has 192 valence electrons. The Morgan fingerprint density at radius 3 is 2.59 bits per heavy atom. The van der Waals surface area contributed by atoms with E-state index in [1.165, 1.54) is 16.4 Å². The molecule has 4 aromatic heterocycles. The summed E-state index contributed by atoms with van der Waals surface area (Å²) in [5, 5.41) is 14.4. The van der Waals surface area contributed by atoms with Gasteiger partial charge in [0.25, 0.3) is 0 Å². The highest BCUT2D eigenvalue weighted by molar-refractivity contribution is 5.79. The topological polar surface area (TPSA) is 101 Å². The van der Waals surface area contributed by atoms with Crippen LogP contribution in [-0.4, -0.2) is 35.9 Å². The number of pyridine rings is 2. The molecule has 8 nitrogen and oxygen atoms in total. The van der Waals surface area contributed by atoms with Gasteiger partial charge in [0.1, 0.15) is 0 Å². The number of carbonyl (C=O) groups excluding carboxylic acids is 1. The van der Waals surface area contributed by atoms with Gasteiger partial charge < -0.3 is 5.32 Å². The zero-order valence-corrected chi connectivity index (χ0v) is 21.4. The predicted molar refractivity (Wildman–Crippen MR) is 138 cm³/mol. The van der Waals surface area contributed by atoms with E-state index < -0.39 is 5.82 Å². The van der Waals surface area contributed by atoms with E-state index in [-0.39, 0.29) is 17.9 Å². The summed E-state index contributed by atoms with van der Waals surface area (Å²) in [6.45, 7) is 6.06. The van der Waals surface area contributed by atoms with Crippen LogP contribution < -0.4 is 5.32 Å². The maximum Gasteiger partial charge on any atom is 0.223 e. The van der Waals surface area contributed by atoms with Crippen LogP contribution in [-0.2, 0) is 11.2 Å². The van der Waals surface area contributed by atoms with Gasteiger partial charge in [0, 0.05) is 41.5 Å². The molecule has 9 heteroatoms. The Labute approximate surface area is 215 Å². The Hall–Kier alpha value is -3.88. The SMILES string of the molecule is Cc1cc(Cc2cc(C)[nH]n2)nc(C2CCC(C(=O)N[C@@H](C)c3ccc(-n4cc(F)cn4)nc3)CC2)c1.